The van der Waals surface area contributed by atoms with Crippen LogP contribution in [0, 0.1) is 11.8 Å². The van der Waals surface area contributed by atoms with Crippen LogP contribution in [0.15, 0.2) is 109 Å². The average Bonchev–Trinajstić information content (AvgIpc) is 3.10. The Balaban J connectivity index is 1.09. The van der Waals surface area contributed by atoms with E-state index in [0.717, 1.165) is 21.5 Å². The first-order chi connectivity index (χ1) is 24.0. The molecule has 5 rings (SSSR count). The number of hydrogen-bond donors (Lipinski definition) is 4. The molecule has 0 heterocycles. The number of anilines is 2. The number of amides is 4. The Morgan fingerprint density at radius 3 is 1.30 bits per heavy atom. The van der Waals surface area contributed by atoms with Crippen molar-refractivity contribution in [2.45, 2.75) is 39.8 Å². The predicted molar refractivity (Wildman–Crippen MR) is 196 cm³/mol. The maximum atomic E-state index is 13.1. The summed E-state index contributed by atoms with van der Waals surface area (Å²) in [4.78, 5) is 51.8. The van der Waals surface area contributed by atoms with E-state index in [9.17, 15) is 19.2 Å². The smallest absolute Gasteiger partial charge is 0.258 e. The minimum absolute atomic E-state index is 0.178. The van der Waals surface area contributed by atoms with Gasteiger partial charge in [0.2, 0.25) is 11.8 Å². The van der Waals surface area contributed by atoms with E-state index < -0.39 is 23.9 Å². The number of benzene rings is 5. The summed E-state index contributed by atoms with van der Waals surface area (Å²) < 4.78 is 11.4. The van der Waals surface area contributed by atoms with Gasteiger partial charge in [-0.2, -0.15) is 0 Å². The Labute approximate surface area is 291 Å². The summed E-state index contributed by atoms with van der Waals surface area (Å²) in [6.45, 7) is 6.73. The summed E-state index contributed by atoms with van der Waals surface area (Å²) in [7, 11) is 0. The molecule has 0 saturated heterocycles. The molecule has 0 aliphatic rings. The van der Waals surface area contributed by atoms with Crippen molar-refractivity contribution in [1.29, 1.82) is 0 Å². The van der Waals surface area contributed by atoms with Gasteiger partial charge < -0.3 is 30.7 Å². The summed E-state index contributed by atoms with van der Waals surface area (Å²) in [6.07, 6.45) is 0. The molecule has 0 spiro atoms. The van der Waals surface area contributed by atoms with Gasteiger partial charge in [0.25, 0.3) is 11.8 Å². The van der Waals surface area contributed by atoms with Crippen LogP contribution in [0.4, 0.5) is 11.4 Å². The van der Waals surface area contributed by atoms with Gasteiger partial charge in [-0.3, -0.25) is 19.2 Å². The van der Waals surface area contributed by atoms with Crippen molar-refractivity contribution in [1.82, 2.24) is 10.6 Å². The minimum atomic E-state index is -0.782. The van der Waals surface area contributed by atoms with E-state index in [1.165, 1.54) is 0 Å². The van der Waals surface area contributed by atoms with Gasteiger partial charge in [0.05, 0.1) is 0 Å². The summed E-state index contributed by atoms with van der Waals surface area (Å²) in [5, 5.41) is 15.4. The molecule has 2 atom stereocenters. The molecule has 0 fully saturated rings. The molecule has 4 amide bonds. The Hall–Kier alpha value is -5.90. The zero-order valence-electron chi connectivity index (χ0n) is 28.6. The van der Waals surface area contributed by atoms with Crippen LogP contribution < -0.4 is 30.7 Å². The summed E-state index contributed by atoms with van der Waals surface area (Å²) in [5.41, 5.74) is 1.28. The third-order valence-electron chi connectivity index (χ3n) is 8.11. The van der Waals surface area contributed by atoms with Crippen molar-refractivity contribution >= 4 is 56.5 Å². The second-order valence-electron chi connectivity index (χ2n) is 12.7. The Morgan fingerprint density at radius 2 is 0.900 bits per heavy atom. The van der Waals surface area contributed by atoms with Gasteiger partial charge in [-0.15, -0.1) is 0 Å². The fourth-order valence-corrected chi connectivity index (χ4v) is 5.43. The highest BCUT2D eigenvalue weighted by atomic mass is 16.5. The fraction of sp³-hybridized carbons (Fsp3) is 0.250. The van der Waals surface area contributed by atoms with Gasteiger partial charge in [-0.1, -0.05) is 94.4 Å². The lowest BCUT2D eigenvalue weighted by Crippen LogP contribution is -2.48. The molecule has 0 aliphatic heterocycles. The molecule has 5 aromatic carbocycles. The van der Waals surface area contributed by atoms with Gasteiger partial charge in [-0.25, -0.2) is 0 Å². The highest BCUT2D eigenvalue weighted by molar-refractivity contribution is 6.00. The lowest BCUT2D eigenvalue weighted by Gasteiger charge is -2.22. The van der Waals surface area contributed by atoms with E-state index in [2.05, 4.69) is 21.3 Å². The van der Waals surface area contributed by atoms with Gasteiger partial charge in [0, 0.05) is 17.4 Å². The lowest BCUT2D eigenvalue weighted by molar-refractivity contribution is -0.128. The molecule has 0 bridgehead atoms. The van der Waals surface area contributed by atoms with Crippen molar-refractivity contribution < 1.29 is 28.7 Å². The van der Waals surface area contributed by atoms with Crippen LogP contribution >= 0.6 is 0 Å². The molecule has 10 nitrogen and oxygen atoms in total. The van der Waals surface area contributed by atoms with E-state index in [0.29, 0.717) is 22.9 Å². The quantitative estimate of drug-likeness (QED) is 0.109. The Kier molecular flexibility index (Phi) is 11.7. The van der Waals surface area contributed by atoms with Crippen LogP contribution in [0.3, 0.4) is 0 Å². The molecule has 0 unspecified atom stereocenters. The fourth-order valence-electron chi connectivity index (χ4n) is 5.43. The molecular formula is C40H42N4O6. The van der Waals surface area contributed by atoms with Gasteiger partial charge >= 0.3 is 0 Å². The highest BCUT2D eigenvalue weighted by Crippen LogP contribution is 2.22. The predicted octanol–water partition coefficient (Wildman–Crippen LogP) is 6.31. The monoisotopic (exact) mass is 674 g/mol. The van der Waals surface area contributed by atoms with Crippen LogP contribution in [0.1, 0.15) is 27.7 Å². The molecule has 0 radical (unpaired) electrons. The third-order valence-corrected chi connectivity index (χ3v) is 8.11. The summed E-state index contributed by atoms with van der Waals surface area (Å²) in [6, 6.07) is 32.0. The van der Waals surface area contributed by atoms with E-state index >= 15 is 0 Å². The number of hydrogen-bond acceptors (Lipinski definition) is 6. The maximum absolute atomic E-state index is 13.1. The van der Waals surface area contributed by atoms with Gasteiger partial charge in [0.15, 0.2) is 13.2 Å². The van der Waals surface area contributed by atoms with Crippen molar-refractivity contribution in [2.24, 2.45) is 11.8 Å². The lowest BCUT2D eigenvalue weighted by atomic mass is 10.0. The topological polar surface area (TPSA) is 135 Å². The molecule has 50 heavy (non-hydrogen) atoms. The molecular weight excluding hydrogens is 632 g/mol. The van der Waals surface area contributed by atoms with E-state index in [4.69, 9.17) is 9.47 Å². The second kappa shape index (κ2) is 16.5. The van der Waals surface area contributed by atoms with Crippen LogP contribution in [0.5, 0.6) is 11.5 Å². The zero-order chi connectivity index (χ0) is 35.6. The number of fused-ring (bicyclic) bond motifs is 2. The number of carbonyl (C=O) groups is 4. The SMILES string of the molecule is CC(C)[C@H](NC(=O)COc1cccc(OCC(=O)N[C@H](C(=O)Nc2ccc3ccccc3c2)C(C)C)c1)C(=O)Nc1ccc2ccccc2c1. The third kappa shape index (κ3) is 9.59. The van der Waals surface area contributed by atoms with Gasteiger partial charge in [0.1, 0.15) is 23.6 Å². The van der Waals surface area contributed by atoms with Crippen LogP contribution in [-0.4, -0.2) is 48.9 Å². The Bertz CT molecular complexity index is 1850. The zero-order valence-corrected chi connectivity index (χ0v) is 28.6. The standard InChI is InChI=1S/C40H42N4O6/c1-25(2)37(39(47)41-31-18-16-27-10-5-7-12-29(27)20-31)43-35(45)23-49-33-14-9-15-34(22-33)50-24-36(46)44-38(26(3)4)40(48)42-32-19-17-28-11-6-8-13-30(28)21-32/h5-22,25-26,37-38H,23-24H2,1-4H3,(H,41,47)(H,42,48)(H,43,45)(H,44,46)/t37-,38-/m0/s1. The van der Waals surface area contributed by atoms with Crippen molar-refractivity contribution in [2.75, 3.05) is 23.8 Å². The minimum Gasteiger partial charge on any atom is -0.484 e. The van der Waals surface area contributed by atoms with Crippen molar-refractivity contribution in [3.05, 3.63) is 109 Å². The summed E-state index contributed by atoms with van der Waals surface area (Å²) >= 11 is 0. The number of rotatable bonds is 14. The highest BCUT2D eigenvalue weighted by Gasteiger charge is 2.26. The van der Waals surface area contributed by atoms with E-state index in [-0.39, 0.29) is 36.9 Å². The van der Waals surface area contributed by atoms with Crippen LogP contribution in [0.2, 0.25) is 0 Å². The molecule has 0 saturated carbocycles. The molecule has 5 aromatic rings. The number of nitrogens with one attached hydrogen (secondary N) is 4. The number of carbonyl (C=O) groups excluding carboxylic acids is 4. The molecule has 0 aliphatic carbocycles. The first kappa shape index (κ1) is 35.4. The normalized spacial score (nSPS) is 12.3. The van der Waals surface area contributed by atoms with Gasteiger partial charge in [-0.05, 0) is 69.8 Å². The van der Waals surface area contributed by atoms with Crippen LogP contribution in [0.25, 0.3) is 21.5 Å². The van der Waals surface area contributed by atoms with Crippen molar-refractivity contribution in [3.63, 3.8) is 0 Å². The number of ether oxygens (including phenoxy) is 2. The van der Waals surface area contributed by atoms with Crippen molar-refractivity contribution in [3.8, 4) is 11.5 Å². The molecule has 4 N–H and O–H groups in total. The van der Waals surface area contributed by atoms with E-state index in [1.807, 2.05) is 113 Å². The molecule has 0 aromatic heterocycles. The van der Waals surface area contributed by atoms with Crippen LogP contribution in [-0.2, 0) is 19.2 Å². The average molecular weight is 675 g/mol. The van der Waals surface area contributed by atoms with E-state index in [1.54, 1.807) is 24.3 Å². The first-order valence-corrected chi connectivity index (χ1v) is 16.6. The summed E-state index contributed by atoms with van der Waals surface area (Å²) in [5.74, 6) is -1.27. The first-order valence-electron chi connectivity index (χ1n) is 16.6. The largest absolute Gasteiger partial charge is 0.484 e. The molecule has 10 heteroatoms. The molecule has 258 valence electrons. The maximum Gasteiger partial charge on any atom is 0.258 e. The second-order valence-corrected chi connectivity index (χ2v) is 12.7. The Morgan fingerprint density at radius 1 is 0.500 bits per heavy atom.